The van der Waals surface area contributed by atoms with Crippen LogP contribution in [0.4, 0.5) is 10.2 Å². The molecule has 1 aliphatic heterocycles. The molecule has 0 unspecified atom stereocenters. The lowest BCUT2D eigenvalue weighted by atomic mass is 10.0. The number of hydrogen-bond donors (Lipinski definition) is 0. The Labute approximate surface area is 166 Å². The molecule has 2 aromatic carbocycles. The molecule has 8 heteroatoms. The molecule has 0 bridgehead atoms. The second-order valence-corrected chi connectivity index (χ2v) is 6.90. The van der Waals surface area contributed by atoms with E-state index in [0.717, 1.165) is 24.0 Å². The average Bonchev–Trinajstić information content (AvgIpc) is 3.16. The number of aryl methyl sites for hydroxylation is 1. The van der Waals surface area contributed by atoms with Crippen LogP contribution in [0.2, 0.25) is 0 Å². The third-order valence-electron chi connectivity index (χ3n) is 4.81. The van der Waals surface area contributed by atoms with Crippen molar-refractivity contribution >= 4 is 5.82 Å². The maximum Gasteiger partial charge on any atom is 0.414 e. The van der Waals surface area contributed by atoms with E-state index in [1.807, 2.05) is 12.1 Å². The van der Waals surface area contributed by atoms with Crippen molar-refractivity contribution in [3.05, 3.63) is 76.2 Å². The van der Waals surface area contributed by atoms with Gasteiger partial charge in [-0.25, -0.2) is 4.39 Å². The predicted octanol–water partition coefficient (Wildman–Crippen LogP) is 4.01. The lowest BCUT2D eigenvalue weighted by Gasteiger charge is -2.22. The number of nitrogens with zero attached hydrogens (tertiary/aromatic N) is 3. The molecule has 150 valence electrons. The molecule has 0 N–H and O–H groups in total. The quantitative estimate of drug-likeness (QED) is 0.342. The number of imidazole rings is 1. The van der Waals surface area contributed by atoms with E-state index < -0.39 is 4.92 Å². The van der Waals surface area contributed by atoms with E-state index in [0.29, 0.717) is 19.8 Å². The highest BCUT2D eigenvalue weighted by Gasteiger charge is 2.28. The maximum absolute atomic E-state index is 13.0. The van der Waals surface area contributed by atoms with E-state index in [-0.39, 0.29) is 23.7 Å². The standard InChI is InChI=1S/C21H20FN3O4/c22-18-9-7-17(8-10-18)16-5-3-15(4-6-16)2-1-11-28-19-12-24-13-20(25(26)27)23-21(24)29-14-19/h3-10,13,19H,1-2,11-12,14H2/t19-/m0/s1. The maximum atomic E-state index is 13.0. The minimum atomic E-state index is -0.536. The SMILES string of the molecule is O=[N+]([O-])c1cn2c(n1)OC[C@@H](OCCCc1ccc(-c3ccc(F)cc3)cc1)C2. The smallest absolute Gasteiger partial charge is 0.414 e. The summed E-state index contributed by atoms with van der Waals surface area (Å²) in [5.74, 6) is -0.457. The summed E-state index contributed by atoms with van der Waals surface area (Å²) in [5, 5.41) is 10.8. The zero-order valence-corrected chi connectivity index (χ0v) is 15.7. The van der Waals surface area contributed by atoms with Gasteiger partial charge in [0.25, 0.3) is 0 Å². The highest BCUT2D eigenvalue weighted by molar-refractivity contribution is 5.63. The molecule has 0 amide bonds. The first kappa shape index (κ1) is 19.1. The van der Waals surface area contributed by atoms with Gasteiger partial charge >= 0.3 is 11.8 Å². The van der Waals surface area contributed by atoms with Crippen molar-refractivity contribution in [2.75, 3.05) is 13.2 Å². The van der Waals surface area contributed by atoms with Crippen LogP contribution in [0.3, 0.4) is 0 Å². The third kappa shape index (κ3) is 4.60. The van der Waals surface area contributed by atoms with Crippen molar-refractivity contribution in [1.82, 2.24) is 9.55 Å². The molecular weight excluding hydrogens is 377 g/mol. The summed E-state index contributed by atoms with van der Waals surface area (Å²) < 4.78 is 25.9. The number of benzene rings is 2. The topological polar surface area (TPSA) is 79.4 Å². The van der Waals surface area contributed by atoms with Gasteiger partial charge in [-0.15, -0.1) is 0 Å². The molecular formula is C21H20FN3O4. The largest absolute Gasteiger partial charge is 0.443 e. The fourth-order valence-electron chi connectivity index (χ4n) is 3.29. The van der Waals surface area contributed by atoms with Gasteiger partial charge < -0.3 is 19.6 Å². The van der Waals surface area contributed by atoms with Crippen molar-refractivity contribution in [2.45, 2.75) is 25.5 Å². The Bertz CT molecular complexity index is 986. The lowest BCUT2D eigenvalue weighted by molar-refractivity contribution is -0.389. The number of hydrogen-bond acceptors (Lipinski definition) is 5. The lowest BCUT2D eigenvalue weighted by Crippen LogP contribution is -2.32. The molecule has 3 aromatic rings. The van der Waals surface area contributed by atoms with E-state index >= 15 is 0 Å². The van der Waals surface area contributed by atoms with Crippen LogP contribution >= 0.6 is 0 Å². The first-order chi connectivity index (χ1) is 14.1. The van der Waals surface area contributed by atoms with E-state index in [4.69, 9.17) is 9.47 Å². The van der Waals surface area contributed by atoms with Gasteiger partial charge in [0.2, 0.25) is 0 Å². The average molecular weight is 397 g/mol. The molecule has 4 rings (SSSR count). The van der Waals surface area contributed by atoms with Gasteiger partial charge in [0.05, 0.1) is 6.54 Å². The molecule has 0 saturated heterocycles. The van der Waals surface area contributed by atoms with Crippen LogP contribution in [0.15, 0.2) is 54.7 Å². The first-order valence-corrected chi connectivity index (χ1v) is 9.39. The van der Waals surface area contributed by atoms with Crippen molar-refractivity contribution in [1.29, 1.82) is 0 Å². The molecule has 1 aromatic heterocycles. The molecule has 0 aliphatic carbocycles. The Morgan fingerprint density at radius 2 is 1.86 bits per heavy atom. The Hall–Kier alpha value is -3.26. The molecule has 0 radical (unpaired) electrons. The monoisotopic (exact) mass is 397 g/mol. The summed E-state index contributed by atoms with van der Waals surface area (Å²) in [6.45, 7) is 1.39. The Morgan fingerprint density at radius 3 is 2.55 bits per heavy atom. The zero-order chi connectivity index (χ0) is 20.2. The van der Waals surface area contributed by atoms with Gasteiger partial charge in [-0.3, -0.25) is 4.57 Å². The van der Waals surface area contributed by atoms with Gasteiger partial charge in [-0.1, -0.05) is 36.4 Å². The minimum Gasteiger partial charge on any atom is -0.443 e. The van der Waals surface area contributed by atoms with E-state index in [2.05, 4.69) is 17.1 Å². The summed E-state index contributed by atoms with van der Waals surface area (Å²) in [4.78, 5) is 14.1. The number of aromatic nitrogens is 2. The van der Waals surface area contributed by atoms with Crippen LogP contribution < -0.4 is 4.74 Å². The third-order valence-corrected chi connectivity index (χ3v) is 4.81. The molecule has 7 nitrogen and oxygen atoms in total. The fraction of sp³-hybridized carbons (Fsp3) is 0.286. The molecule has 0 spiro atoms. The second-order valence-electron chi connectivity index (χ2n) is 6.90. The Kier molecular flexibility index (Phi) is 5.53. The normalized spacial score (nSPS) is 15.6. The summed E-state index contributed by atoms with van der Waals surface area (Å²) in [7, 11) is 0. The number of fused-ring (bicyclic) bond motifs is 1. The van der Waals surface area contributed by atoms with E-state index in [1.54, 1.807) is 16.7 Å². The van der Waals surface area contributed by atoms with Crippen LogP contribution in [0.5, 0.6) is 6.01 Å². The van der Waals surface area contributed by atoms with Crippen LogP contribution in [0, 0.1) is 15.9 Å². The van der Waals surface area contributed by atoms with Crippen LogP contribution in [-0.2, 0) is 17.7 Å². The van der Waals surface area contributed by atoms with Gasteiger partial charge in [-0.2, -0.15) is 0 Å². The molecule has 0 saturated carbocycles. The summed E-state index contributed by atoms with van der Waals surface area (Å²) in [6.07, 6.45) is 2.94. The highest BCUT2D eigenvalue weighted by Crippen LogP contribution is 2.23. The number of rotatable bonds is 7. The van der Waals surface area contributed by atoms with Crippen LogP contribution in [-0.4, -0.2) is 33.8 Å². The Morgan fingerprint density at radius 1 is 1.17 bits per heavy atom. The second kappa shape index (κ2) is 8.40. The van der Waals surface area contributed by atoms with Crippen molar-refractivity contribution in [2.24, 2.45) is 0 Å². The summed E-state index contributed by atoms with van der Waals surface area (Å²) in [6, 6.07) is 14.9. The first-order valence-electron chi connectivity index (χ1n) is 9.39. The van der Waals surface area contributed by atoms with Gasteiger partial charge in [0.15, 0.2) is 0 Å². The van der Waals surface area contributed by atoms with Crippen molar-refractivity contribution < 1.29 is 18.8 Å². The van der Waals surface area contributed by atoms with Gasteiger partial charge in [-0.05, 0) is 46.6 Å². The molecule has 1 aliphatic rings. The van der Waals surface area contributed by atoms with Crippen LogP contribution in [0.25, 0.3) is 11.1 Å². The van der Waals surface area contributed by atoms with Crippen molar-refractivity contribution in [3.8, 4) is 17.1 Å². The minimum absolute atomic E-state index is 0.155. The molecule has 1 atom stereocenters. The number of halogens is 1. The van der Waals surface area contributed by atoms with Gasteiger partial charge in [0, 0.05) is 11.6 Å². The molecule has 0 fully saturated rings. The highest BCUT2D eigenvalue weighted by atomic mass is 19.1. The van der Waals surface area contributed by atoms with Crippen LogP contribution in [0.1, 0.15) is 12.0 Å². The molecule has 29 heavy (non-hydrogen) atoms. The van der Waals surface area contributed by atoms with E-state index in [1.165, 1.54) is 23.9 Å². The number of ether oxygens (including phenoxy) is 2. The molecule has 2 heterocycles. The number of nitro groups is 1. The fourth-order valence-corrected chi connectivity index (χ4v) is 3.29. The predicted molar refractivity (Wildman–Crippen MR) is 104 cm³/mol. The summed E-state index contributed by atoms with van der Waals surface area (Å²) >= 11 is 0. The van der Waals surface area contributed by atoms with Crippen molar-refractivity contribution in [3.63, 3.8) is 0 Å². The van der Waals surface area contributed by atoms with Gasteiger partial charge in [0.1, 0.15) is 24.7 Å². The summed E-state index contributed by atoms with van der Waals surface area (Å²) in [5.41, 5.74) is 3.24. The Balaban J connectivity index is 1.23. The zero-order valence-electron chi connectivity index (χ0n) is 15.7. The van der Waals surface area contributed by atoms with E-state index in [9.17, 15) is 14.5 Å².